The fraction of sp³-hybridized carbons (Fsp3) is 0. The molecule has 0 amide bonds. The van der Waals surface area contributed by atoms with Gasteiger partial charge in [0.1, 0.15) is 6.07 Å². The van der Waals surface area contributed by atoms with E-state index >= 15 is 0 Å². The molecule has 0 atom stereocenters. The Labute approximate surface area is 91.2 Å². The van der Waals surface area contributed by atoms with E-state index in [1.165, 1.54) is 6.39 Å². The highest BCUT2D eigenvalue weighted by Gasteiger charge is 2.14. The molecule has 0 saturated heterocycles. The number of fused-ring (bicyclic) bond motifs is 1. The van der Waals surface area contributed by atoms with Crippen LogP contribution in [0.1, 0.15) is 5.69 Å². The van der Waals surface area contributed by atoms with Crippen LogP contribution in [0.2, 0.25) is 0 Å². The summed E-state index contributed by atoms with van der Waals surface area (Å²) in [4.78, 5) is 6.99. The van der Waals surface area contributed by atoms with E-state index in [-0.39, 0.29) is 0 Å². The molecular weight excluding hydrogens is 202 g/mol. The van der Waals surface area contributed by atoms with Gasteiger partial charge in [0.15, 0.2) is 17.8 Å². The molecule has 0 fully saturated rings. The predicted molar refractivity (Wildman–Crippen MR) is 58.5 cm³/mol. The molecule has 0 spiro atoms. The van der Waals surface area contributed by atoms with Gasteiger partial charge in [-0.2, -0.15) is 5.26 Å². The fourth-order valence-electron chi connectivity index (χ4n) is 1.78. The Hall–Kier alpha value is -2.54. The van der Waals surface area contributed by atoms with E-state index in [0.29, 0.717) is 11.5 Å². The number of aromatic amines is 1. The van der Waals surface area contributed by atoms with Crippen LogP contribution in [-0.2, 0) is 0 Å². The molecule has 3 aromatic rings. The summed E-state index contributed by atoms with van der Waals surface area (Å²) in [7, 11) is 0. The number of oxazole rings is 1. The van der Waals surface area contributed by atoms with Crippen molar-refractivity contribution in [2.45, 2.75) is 0 Å². The zero-order chi connectivity index (χ0) is 11.0. The van der Waals surface area contributed by atoms with E-state index in [9.17, 15) is 0 Å². The summed E-state index contributed by atoms with van der Waals surface area (Å²) in [5.41, 5.74) is 2.19. The van der Waals surface area contributed by atoms with Gasteiger partial charge < -0.3 is 9.40 Å². The Morgan fingerprint density at radius 1 is 1.31 bits per heavy atom. The number of rotatable bonds is 1. The average Bonchev–Trinajstić information content (AvgIpc) is 2.94. The Balaban J connectivity index is 2.31. The maximum atomic E-state index is 8.90. The van der Waals surface area contributed by atoms with Crippen LogP contribution < -0.4 is 0 Å². The number of para-hydroxylation sites is 1. The highest BCUT2D eigenvalue weighted by atomic mass is 16.3. The number of benzene rings is 1. The summed E-state index contributed by atoms with van der Waals surface area (Å²) < 4.78 is 5.25. The van der Waals surface area contributed by atoms with Gasteiger partial charge in [-0.05, 0) is 6.07 Å². The lowest BCUT2D eigenvalue weighted by molar-refractivity contribution is 0.572. The van der Waals surface area contributed by atoms with E-state index in [2.05, 4.69) is 9.97 Å². The summed E-state index contributed by atoms with van der Waals surface area (Å²) in [5.74, 6) is 0.514. The van der Waals surface area contributed by atoms with Gasteiger partial charge in [-0.15, -0.1) is 0 Å². The molecule has 76 valence electrons. The molecule has 4 heteroatoms. The van der Waals surface area contributed by atoms with Crippen LogP contribution in [0.4, 0.5) is 0 Å². The number of hydrogen-bond donors (Lipinski definition) is 1. The highest BCUT2D eigenvalue weighted by Crippen LogP contribution is 2.30. The molecule has 0 saturated carbocycles. The van der Waals surface area contributed by atoms with Crippen LogP contribution >= 0.6 is 0 Å². The Bertz CT molecular complexity index is 687. The summed E-state index contributed by atoms with van der Waals surface area (Å²) in [6.45, 7) is 0. The monoisotopic (exact) mass is 209 g/mol. The first-order valence-electron chi connectivity index (χ1n) is 4.80. The lowest BCUT2D eigenvalue weighted by atomic mass is 10.1. The quantitative estimate of drug-likeness (QED) is 0.670. The van der Waals surface area contributed by atoms with E-state index in [4.69, 9.17) is 9.68 Å². The second-order valence-corrected chi connectivity index (χ2v) is 3.39. The van der Waals surface area contributed by atoms with Crippen molar-refractivity contribution in [2.24, 2.45) is 0 Å². The van der Waals surface area contributed by atoms with Crippen molar-refractivity contribution in [3.05, 3.63) is 42.5 Å². The molecule has 2 heterocycles. The molecule has 1 aromatic carbocycles. The van der Waals surface area contributed by atoms with Gasteiger partial charge in [0, 0.05) is 22.7 Å². The standard InChI is InChI=1S/C12H7N3O/c13-5-11-12(16-7-15-11)9-6-14-10-4-2-1-3-8(9)10/h1-4,6-7,14H. The van der Waals surface area contributed by atoms with Crippen molar-refractivity contribution in [3.63, 3.8) is 0 Å². The molecule has 1 N–H and O–H groups in total. The van der Waals surface area contributed by atoms with Crippen molar-refractivity contribution in [3.8, 4) is 17.4 Å². The number of H-pyrrole nitrogens is 1. The largest absolute Gasteiger partial charge is 0.442 e. The summed E-state index contributed by atoms with van der Waals surface area (Å²) in [5, 5.41) is 9.92. The maximum Gasteiger partial charge on any atom is 0.187 e. The van der Waals surface area contributed by atoms with Crippen LogP contribution in [-0.4, -0.2) is 9.97 Å². The highest BCUT2D eigenvalue weighted by molar-refractivity contribution is 5.94. The molecule has 0 aliphatic carbocycles. The lowest BCUT2D eigenvalue weighted by Gasteiger charge is -1.93. The van der Waals surface area contributed by atoms with Gasteiger partial charge in [0.2, 0.25) is 0 Å². The minimum Gasteiger partial charge on any atom is -0.442 e. The third-order valence-electron chi connectivity index (χ3n) is 2.51. The van der Waals surface area contributed by atoms with E-state index in [1.807, 2.05) is 36.5 Å². The van der Waals surface area contributed by atoms with Crippen molar-refractivity contribution >= 4 is 10.9 Å². The topological polar surface area (TPSA) is 65.6 Å². The minimum absolute atomic E-state index is 0.310. The van der Waals surface area contributed by atoms with Gasteiger partial charge in [0.25, 0.3) is 0 Å². The van der Waals surface area contributed by atoms with E-state index in [1.54, 1.807) is 0 Å². The normalized spacial score (nSPS) is 10.4. The number of aromatic nitrogens is 2. The van der Waals surface area contributed by atoms with Crippen LogP contribution in [0.15, 0.2) is 41.3 Å². The fourth-order valence-corrected chi connectivity index (χ4v) is 1.78. The van der Waals surface area contributed by atoms with Crippen LogP contribution in [0.25, 0.3) is 22.2 Å². The zero-order valence-corrected chi connectivity index (χ0v) is 8.27. The Morgan fingerprint density at radius 2 is 2.19 bits per heavy atom. The number of hydrogen-bond acceptors (Lipinski definition) is 3. The maximum absolute atomic E-state index is 8.90. The van der Waals surface area contributed by atoms with Crippen LogP contribution in [0.5, 0.6) is 0 Å². The number of nitrogens with one attached hydrogen (secondary N) is 1. The first kappa shape index (κ1) is 8.74. The Morgan fingerprint density at radius 3 is 3.06 bits per heavy atom. The van der Waals surface area contributed by atoms with Crippen LogP contribution in [0.3, 0.4) is 0 Å². The third kappa shape index (κ3) is 1.12. The molecule has 2 aromatic heterocycles. The second-order valence-electron chi connectivity index (χ2n) is 3.39. The zero-order valence-electron chi connectivity index (χ0n) is 8.27. The van der Waals surface area contributed by atoms with E-state index < -0.39 is 0 Å². The van der Waals surface area contributed by atoms with Crippen molar-refractivity contribution in [1.29, 1.82) is 5.26 Å². The minimum atomic E-state index is 0.310. The average molecular weight is 209 g/mol. The summed E-state index contributed by atoms with van der Waals surface area (Å²) in [6, 6.07) is 9.86. The number of nitriles is 1. The van der Waals surface area contributed by atoms with Crippen LogP contribution in [0, 0.1) is 11.3 Å². The molecule has 3 rings (SSSR count). The first-order chi connectivity index (χ1) is 7.90. The second kappa shape index (κ2) is 3.24. The van der Waals surface area contributed by atoms with Gasteiger partial charge in [-0.3, -0.25) is 0 Å². The predicted octanol–water partition coefficient (Wildman–Crippen LogP) is 2.69. The molecule has 0 unspecified atom stereocenters. The van der Waals surface area contributed by atoms with Crippen molar-refractivity contribution < 1.29 is 4.42 Å². The third-order valence-corrected chi connectivity index (χ3v) is 2.51. The van der Waals surface area contributed by atoms with E-state index in [0.717, 1.165) is 16.5 Å². The van der Waals surface area contributed by atoms with Gasteiger partial charge >= 0.3 is 0 Å². The summed E-state index contributed by atoms with van der Waals surface area (Å²) in [6.07, 6.45) is 3.11. The molecule has 0 aliphatic rings. The molecule has 4 nitrogen and oxygen atoms in total. The molecule has 0 aliphatic heterocycles. The molecule has 0 radical (unpaired) electrons. The number of nitrogens with zero attached hydrogens (tertiary/aromatic N) is 2. The molecule has 16 heavy (non-hydrogen) atoms. The van der Waals surface area contributed by atoms with Gasteiger partial charge in [0.05, 0.1) is 0 Å². The van der Waals surface area contributed by atoms with Crippen molar-refractivity contribution in [2.75, 3.05) is 0 Å². The van der Waals surface area contributed by atoms with Gasteiger partial charge in [-0.25, -0.2) is 4.98 Å². The Kier molecular flexibility index (Phi) is 1.77. The lowest BCUT2D eigenvalue weighted by Crippen LogP contribution is -1.78. The van der Waals surface area contributed by atoms with Gasteiger partial charge in [-0.1, -0.05) is 18.2 Å². The smallest absolute Gasteiger partial charge is 0.187 e. The molecule has 0 bridgehead atoms. The SMILES string of the molecule is N#Cc1ncoc1-c1c[nH]c2ccccc12. The first-order valence-corrected chi connectivity index (χ1v) is 4.80. The summed E-state index contributed by atoms with van der Waals surface area (Å²) >= 11 is 0. The molecular formula is C12H7N3O. The van der Waals surface area contributed by atoms with Crippen molar-refractivity contribution in [1.82, 2.24) is 9.97 Å².